The second kappa shape index (κ2) is 9.43. The third-order valence-corrected chi connectivity index (χ3v) is 5.64. The Morgan fingerprint density at radius 1 is 1.27 bits per heavy atom. The highest BCUT2D eigenvalue weighted by Crippen LogP contribution is 2.31. The summed E-state index contributed by atoms with van der Waals surface area (Å²) in [5.74, 6) is 0.427. The predicted molar refractivity (Wildman–Crippen MR) is 114 cm³/mol. The smallest absolute Gasteiger partial charge is 0.271 e. The van der Waals surface area contributed by atoms with Crippen LogP contribution in [-0.2, 0) is 6.54 Å². The van der Waals surface area contributed by atoms with E-state index >= 15 is 0 Å². The molecule has 2 N–H and O–H groups in total. The minimum absolute atomic E-state index is 0.163. The summed E-state index contributed by atoms with van der Waals surface area (Å²) < 4.78 is 0. The van der Waals surface area contributed by atoms with Gasteiger partial charge < -0.3 is 10.6 Å². The SMILES string of the molecule is N#CCN1CCCC1c1cccc(Nc2nc(C(=O)NCc3ccccn3)cs2)n1. The number of likely N-dealkylation sites (tertiary alicyclic amines) is 1. The molecule has 1 aliphatic rings. The molecule has 0 aromatic carbocycles. The van der Waals surface area contributed by atoms with Gasteiger partial charge in [0.2, 0.25) is 0 Å². The summed E-state index contributed by atoms with van der Waals surface area (Å²) in [5.41, 5.74) is 2.08. The third-order valence-electron chi connectivity index (χ3n) is 4.88. The summed E-state index contributed by atoms with van der Waals surface area (Å²) in [7, 11) is 0. The minimum atomic E-state index is -0.246. The van der Waals surface area contributed by atoms with Crippen molar-refractivity contribution in [3.8, 4) is 6.07 Å². The van der Waals surface area contributed by atoms with E-state index in [4.69, 9.17) is 10.2 Å². The van der Waals surface area contributed by atoms with Gasteiger partial charge >= 0.3 is 0 Å². The summed E-state index contributed by atoms with van der Waals surface area (Å²) in [6.45, 7) is 1.68. The summed E-state index contributed by atoms with van der Waals surface area (Å²) in [4.78, 5) is 27.8. The van der Waals surface area contributed by atoms with Crippen molar-refractivity contribution in [1.82, 2.24) is 25.2 Å². The number of hydrogen-bond acceptors (Lipinski definition) is 8. The molecule has 0 spiro atoms. The van der Waals surface area contributed by atoms with Crippen LogP contribution in [0, 0.1) is 11.3 Å². The van der Waals surface area contributed by atoms with Crippen LogP contribution in [0.4, 0.5) is 10.9 Å². The zero-order valence-electron chi connectivity index (χ0n) is 16.3. The molecule has 0 aliphatic carbocycles. The van der Waals surface area contributed by atoms with Gasteiger partial charge in [-0.1, -0.05) is 12.1 Å². The summed E-state index contributed by atoms with van der Waals surface area (Å²) in [5, 5.41) is 17.3. The normalized spacial score (nSPS) is 16.2. The van der Waals surface area contributed by atoms with Crippen LogP contribution in [-0.4, -0.2) is 38.8 Å². The average Bonchev–Trinajstić information content (AvgIpc) is 3.43. The van der Waals surface area contributed by atoms with Crippen molar-refractivity contribution in [3.63, 3.8) is 0 Å². The zero-order valence-corrected chi connectivity index (χ0v) is 17.1. The number of amides is 1. The van der Waals surface area contributed by atoms with Gasteiger partial charge in [-0.15, -0.1) is 11.3 Å². The van der Waals surface area contributed by atoms with Crippen LogP contribution in [0.2, 0.25) is 0 Å². The highest BCUT2D eigenvalue weighted by Gasteiger charge is 2.26. The van der Waals surface area contributed by atoms with Gasteiger partial charge in [-0.3, -0.25) is 14.7 Å². The average molecular weight is 420 g/mol. The number of thiazole rings is 1. The molecule has 0 bridgehead atoms. The van der Waals surface area contributed by atoms with E-state index in [1.165, 1.54) is 11.3 Å². The summed E-state index contributed by atoms with van der Waals surface area (Å²) in [6, 6.07) is 13.8. The number of carbonyl (C=O) groups excluding carboxylic acids is 1. The van der Waals surface area contributed by atoms with Crippen molar-refractivity contribution in [3.05, 3.63) is 65.1 Å². The zero-order chi connectivity index (χ0) is 20.8. The molecule has 1 unspecified atom stereocenters. The second-order valence-corrected chi connectivity index (χ2v) is 7.76. The quantitative estimate of drug-likeness (QED) is 0.566. The van der Waals surface area contributed by atoms with E-state index in [2.05, 4.69) is 31.6 Å². The van der Waals surface area contributed by atoms with E-state index in [0.29, 0.717) is 29.7 Å². The Bertz CT molecular complexity index is 1050. The molecule has 0 radical (unpaired) electrons. The van der Waals surface area contributed by atoms with Crippen LogP contribution in [0.5, 0.6) is 0 Å². The van der Waals surface area contributed by atoms with Crippen LogP contribution in [0.3, 0.4) is 0 Å². The lowest BCUT2D eigenvalue weighted by Gasteiger charge is -2.21. The van der Waals surface area contributed by atoms with Gasteiger partial charge in [0, 0.05) is 11.6 Å². The molecule has 152 valence electrons. The van der Waals surface area contributed by atoms with E-state index in [1.807, 2.05) is 36.4 Å². The number of nitrogens with zero attached hydrogens (tertiary/aromatic N) is 5. The summed E-state index contributed by atoms with van der Waals surface area (Å²) >= 11 is 1.35. The number of anilines is 2. The molecule has 3 aromatic rings. The fourth-order valence-corrected chi connectivity index (χ4v) is 4.15. The highest BCUT2D eigenvalue weighted by atomic mass is 32.1. The van der Waals surface area contributed by atoms with Crippen molar-refractivity contribution in [2.45, 2.75) is 25.4 Å². The number of nitriles is 1. The predicted octanol–water partition coefficient (Wildman–Crippen LogP) is 3.27. The standard InChI is InChI=1S/C21H21N7OS/c22-9-12-28-11-4-7-18(28)16-6-3-8-19(25-16)27-21-26-17(14-30-21)20(29)24-13-15-5-1-2-10-23-15/h1-3,5-6,8,10,14,18H,4,7,11-13H2,(H,24,29)(H,25,26,27). The number of pyridine rings is 2. The van der Waals surface area contributed by atoms with Gasteiger partial charge in [0.05, 0.1) is 36.6 Å². The van der Waals surface area contributed by atoms with E-state index in [1.54, 1.807) is 11.6 Å². The number of nitrogens with one attached hydrogen (secondary N) is 2. The van der Waals surface area contributed by atoms with E-state index in [0.717, 1.165) is 30.8 Å². The Morgan fingerprint density at radius 3 is 3.03 bits per heavy atom. The topological polar surface area (TPSA) is 107 Å². The Hall–Kier alpha value is -3.35. The van der Waals surface area contributed by atoms with Crippen molar-refractivity contribution in [2.24, 2.45) is 0 Å². The number of hydrogen-bond donors (Lipinski definition) is 2. The number of aromatic nitrogens is 3. The van der Waals surface area contributed by atoms with Gasteiger partial charge in [-0.2, -0.15) is 5.26 Å². The first kappa shape index (κ1) is 19.9. The molecular formula is C21H21N7OS. The molecule has 3 aromatic heterocycles. The molecular weight excluding hydrogens is 398 g/mol. The van der Waals surface area contributed by atoms with Crippen molar-refractivity contribution in [1.29, 1.82) is 5.26 Å². The molecule has 30 heavy (non-hydrogen) atoms. The van der Waals surface area contributed by atoms with Crippen molar-refractivity contribution in [2.75, 3.05) is 18.4 Å². The maximum Gasteiger partial charge on any atom is 0.271 e. The first-order chi connectivity index (χ1) is 14.7. The van der Waals surface area contributed by atoms with Gasteiger partial charge in [0.1, 0.15) is 11.5 Å². The van der Waals surface area contributed by atoms with Gasteiger partial charge in [0.15, 0.2) is 5.13 Å². The molecule has 8 nitrogen and oxygen atoms in total. The molecule has 1 aliphatic heterocycles. The second-order valence-electron chi connectivity index (χ2n) is 6.90. The van der Waals surface area contributed by atoms with Crippen LogP contribution < -0.4 is 10.6 Å². The first-order valence-electron chi connectivity index (χ1n) is 9.71. The maximum atomic E-state index is 12.3. The molecule has 0 saturated carbocycles. The van der Waals surface area contributed by atoms with Crippen LogP contribution >= 0.6 is 11.3 Å². The van der Waals surface area contributed by atoms with Crippen LogP contribution in [0.25, 0.3) is 0 Å². The highest BCUT2D eigenvalue weighted by molar-refractivity contribution is 7.14. The van der Waals surface area contributed by atoms with Crippen LogP contribution in [0.1, 0.15) is 40.8 Å². The largest absolute Gasteiger partial charge is 0.345 e. The monoisotopic (exact) mass is 419 g/mol. The molecule has 4 heterocycles. The molecule has 1 fully saturated rings. The maximum absolute atomic E-state index is 12.3. The molecule has 4 rings (SSSR count). The molecule has 1 amide bonds. The van der Waals surface area contributed by atoms with Crippen molar-refractivity contribution >= 4 is 28.2 Å². The molecule has 1 atom stereocenters. The molecule has 9 heteroatoms. The Labute approximate surface area is 178 Å². The fourth-order valence-electron chi connectivity index (χ4n) is 3.46. The van der Waals surface area contributed by atoms with Crippen molar-refractivity contribution < 1.29 is 4.79 Å². The van der Waals surface area contributed by atoms with Gasteiger partial charge in [-0.05, 0) is 43.7 Å². The van der Waals surface area contributed by atoms with Gasteiger partial charge in [0.25, 0.3) is 5.91 Å². The Morgan fingerprint density at radius 2 is 2.20 bits per heavy atom. The van der Waals surface area contributed by atoms with E-state index in [9.17, 15) is 4.79 Å². The third kappa shape index (κ3) is 4.79. The summed E-state index contributed by atoms with van der Waals surface area (Å²) in [6.07, 6.45) is 3.75. The minimum Gasteiger partial charge on any atom is -0.345 e. The first-order valence-corrected chi connectivity index (χ1v) is 10.6. The van der Waals surface area contributed by atoms with Gasteiger partial charge in [-0.25, -0.2) is 9.97 Å². The molecule has 1 saturated heterocycles. The number of rotatable bonds is 7. The number of carbonyl (C=O) groups is 1. The Balaban J connectivity index is 1.39. The lowest BCUT2D eigenvalue weighted by molar-refractivity contribution is 0.0946. The lowest BCUT2D eigenvalue weighted by atomic mass is 10.1. The Kier molecular flexibility index (Phi) is 6.27. The van der Waals surface area contributed by atoms with Crippen LogP contribution in [0.15, 0.2) is 48.0 Å². The van der Waals surface area contributed by atoms with E-state index in [-0.39, 0.29) is 11.9 Å². The lowest BCUT2D eigenvalue weighted by Crippen LogP contribution is -2.24. The fraction of sp³-hybridized carbons (Fsp3) is 0.286. The van der Waals surface area contributed by atoms with E-state index < -0.39 is 0 Å².